The molecule has 2 aromatic heterocycles. The Morgan fingerprint density at radius 2 is 2.09 bits per heavy atom. The molecule has 1 saturated heterocycles. The first-order valence-electron chi connectivity index (χ1n) is 10.6. The number of halogens is 2. The molecule has 0 aromatic carbocycles. The fraction of sp³-hybridized carbons (Fsp3) is 0.722. The third kappa shape index (κ3) is 5.30. The van der Waals surface area contributed by atoms with Crippen LogP contribution in [-0.2, 0) is 14.0 Å². The fourth-order valence-corrected chi connectivity index (χ4v) is 5.06. The number of alkyl halides is 1. The first-order chi connectivity index (χ1) is 15.7. The number of aliphatic hydroxyl groups excluding tert-OH is 2. The number of fused-ring (bicyclic) bond motifs is 1. The minimum atomic E-state index is -4.67. The van der Waals surface area contributed by atoms with Gasteiger partial charge in [-0.3, -0.25) is 4.57 Å². The molecule has 2 aliphatic rings. The lowest BCUT2D eigenvalue weighted by atomic mass is 10.1. The van der Waals surface area contributed by atoms with E-state index < -0.39 is 51.3 Å². The Morgan fingerprint density at radius 1 is 1.36 bits per heavy atom. The number of nitrogens with zero attached hydrogens (tertiary/aromatic N) is 4. The lowest BCUT2D eigenvalue weighted by molar-refractivity contribution is -0.0755. The van der Waals surface area contributed by atoms with E-state index >= 15 is 0 Å². The van der Waals surface area contributed by atoms with Crippen LogP contribution in [0.5, 0.6) is 0 Å². The molecule has 184 valence electrons. The van der Waals surface area contributed by atoms with Crippen molar-refractivity contribution in [1.29, 1.82) is 0 Å². The van der Waals surface area contributed by atoms with Crippen molar-refractivity contribution < 1.29 is 38.4 Å². The summed E-state index contributed by atoms with van der Waals surface area (Å²) < 4.78 is 38.4. The van der Waals surface area contributed by atoms with E-state index in [2.05, 4.69) is 20.4 Å². The Bertz CT molecular complexity index is 1020. The molecule has 2 aromatic rings. The van der Waals surface area contributed by atoms with Gasteiger partial charge < -0.3 is 34.8 Å². The minimum Gasteiger partial charge on any atom is -0.396 e. The van der Waals surface area contributed by atoms with Crippen molar-refractivity contribution in [2.75, 3.05) is 18.5 Å². The number of nitrogens with one attached hydrogen (secondary N) is 1. The number of ether oxygens (including phenoxy) is 2. The standard InChI is InChI=1S/C18H26ClFN5O7P/c19-18-23-15(22-9-3-1-2-4-9)10-7-21-25(16(10)24-18)17-13(20)14(27)11(32-17)8-31-12(5-6-26)33(28,29)30/h7,9,11-14,17,26-27H,1-6,8H2,(H,22,23,24)(H2,28,29,30)/t11-,12?,13+,14-,17-/m1/s1. The third-order valence-corrected chi connectivity index (χ3v) is 7.19. The second-order valence-electron chi connectivity index (χ2n) is 8.18. The largest absolute Gasteiger partial charge is 0.396 e. The zero-order valence-corrected chi connectivity index (χ0v) is 19.1. The minimum absolute atomic E-state index is 0.0629. The summed E-state index contributed by atoms with van der Waals surface area (Å²) in [5.41, 5.74) is 0.213. The molecule has 3 heterocycles. The van der Waals surface area contributed by atoms with Crippen molar-refractivity contribution in [3.63, 3.8) is 0 Å². The van der Waals surface area contributed by atoms with Crippen LogP contribution in [0.15, 0.2) is 6.20 Å². The fourth-order valence-electron chi connectivity index (χ4n) is 4.16. The summed E-state index contributed by atoms with van der Waals surface area (Å²) in [6.07, 6.45) is -0.826. The average Bonchev–Trinajstić information content (AvgIpc) is 3.46. The van der Waals surface area contributed by atoms with Gasteiger partial charge in [-0.05, 0) is 24.4 Å². The molecule has 5 atom stereocenters. The van der Waals surface area contributed by atoms with E-state index in [1.54, 1.807) is 0 Å². The van der Waals surface area contributed by atoms with Gasteiger partial charge in [0.2, 0.25) is 5.28 Å². The zero-order valence-electron chi connectivity index (χ0n) is 17.5. The monoisotopic (exact) mass is 509 g/mol. The van der Waals surface area contributed by atoms with Gasteiger partial charge >= 0.3 is 7.60 Å². The zero-order chi connectivity index (χ0) is 23.8. The smallest absolute Gasteiger partial charge is 0.354 e. The van der Waals surface area contributed by atoms with E-state index in [1.807, 2.05) is 0 Å². The predicted molar refractivity (Wildman–Crippen MR) is 115 cm³/mol. The van der Waals surface area contributed by atoms with Gasteiger partial charge in [-0.15, -0.1) is 0 Å². The van der Waals surface area contributed by atoms with Gasteiger partial charge in [-0.25, -0.2) is 9.07 Å². The van der Waals surface area contributed by atoms with Crippen LogP contribution in [0.25, 0.3) is 11.0 Å². The van der Waals surface area contributed by atoms with Crippen LogP contribution in [0.2, 0.25) is 5.28 Å². The maximum Gasteiger partial charge on any atom is 0.354 e. The number of anilines is 1. The summed E-state index contributed by atoms with van der Waals surface area (Å²) in [6.45, 7) is -1.02. The average molecular weight is 510 g/mol. The van der Waals surface area contributed by atoms with Crippen molar-refractivity contribution in [3.8, 4) is 0 Å². The topological polar surface area (TPSA) is 172 Å². The molecule has 5 N–H and O–H groups in total. The van der Waals surface area contributed by atoms with E-state index in [0.717, 1.165) is 30.4 Å². The van der Waals surface area contributed by atoms with E-state index in [-0.39, 0.29) is 23.4 Å². The Hall–Kier alpha value is -1.44. The van der Waals surface area contributed by atoms with Gasteiger partial charge in [0.05, 0.1) is 18.2 Å². The van der Waals surface area contributed by atoms with Gasteiger partial charge in [0.25, 0.3) is 0 Å². The molecule has 1 unspecified atom stereocenters. The molecule has 4 rings (SSSR count). The summed E-state index contributed by atoms with van der Waals surface area (Å²) in [5, 5.41) is 27.3. The Kier molecular flexibility index (Phi) is 7.51. The van der Waals surface area contributed by atoms with E-state index in [0.29, 0.717) is 11.2 Å². The molecule has 0 radical (unpaired) electrons. The molecule has 1 aliphatic carbocycles. The van der Waals surface area contributed by atoms with Gasteiger partial charge in [0.1, 0.15) is 18.0 Å². The second kappa shape index (κ2) is 10.0. The van der Waals surface area contributed by atoms with E-state index in [4.69, 9.17) is 26.2 Å². The molecule has 15 heteroatoms. The maximum absolute atomic E-state index is 15.0. The SMILES string of the molecule is O=P(O)(O)C(CCO)OC[C@H]1O[C@@H](n2ncc3c(NC4CCCC4)nc(Cl)nc32)[C@@H](F)[C@@H]1O. The summed E-state index contributed by atoms with van der Waals surface area (Å²) in [7, 11) is -4.67. The number of aliphatic hydroxyl groups is 2. The van der Waals surface area contributed by atoms with Gasteiger partial charge in [0, 0.05) is 19.1 Å². The van der Waals surface area contributed by atoms with Crippen LogP contribution in [0.4, 0.5) is 10.2 Å². The molecule has 0 bridgehead atoms. The molecule has 1 saturated carbocycles. The quantitative estimate of drug-likeness (QED) is 0.244. The first-order valence-corrected chi connectivity index (χ1v) is 12.7. The van der Waals surface area contributed by atoms with Crippen molar-refractivity contribution in [1.82, 2.24) is 19.7 Å². The Morgan fingerprint density at radius 3 is 2.76 bits per heavy atom. The molecule has 2 fully saturated rings. The van der Waals surface area contributed by atoms with Crippen LogP contribution in [-0.4, -0.2) is 83.2 Å². The summed E-state index contributed by atoms with van der Waals surface area (Å²) in [4.78, 5) is 27.0. The molecule has 0 amide bonds. The predicted octanol–water partition coefficient (Wildman–Crippen LogP) is 1.33. The number of rotatable bonds is 9. The summed E-state index contributed by atoms with van der Waals surface area (Å²) >= 11 is 6.09. The number of hydrogen-bond acceptors (Lipinski definition) is 9. The van der Waals surface area contributed by atoms with Gasteiger partial charge in [0.15, 0.2) is 23.9 Å². The van der Waals surface area contributed by atoms with Crippen LogP contribution < -0.4 is 5.32 Å². The van der Waals surface area contributed by atoms with Crippen molar-refractivity contribution >= 4 is 36.0 Å². The maximum atomic E-state index is 15.0. The van der Waals surface area contributed by atoms with Crippen LogP contribution >= 0.6 is 19.2 Å². The molecule has 1 aliphatic heterocycles. The highest BCUT2D eigenvalue weighted by Crippen LogP contribution is 2.44. The first kappa shape index (κ1) is 24.7. The van der Waals surface area contributed by atoms with E-state index in [1.165, 1.54) is 6.20 Å². The second-order valence-corrected chi connectivity index (χ2v) is 10.3. The highest BCUT2D eigenvalue weighted by atomic mass is 35.5. The highest BCUT2D eigenvalue weighted by Gasteiger charge is 2.47. The molecular formula is C18H26ClFN5O7P. The van der Waals surface area contributed by atoms with Gasteiger partial charge in [-0.1, -0.05) is 12.8 Å². The summed E-state index contributed by atoms with van der Waals surface area (Å²) in [5.74, 6) is -1.12. The van der Waals surface area contributed by atoms with Crippen molar-refractivity contribution in [2.45, 2.75) is 68.6 Å². The van der Waals surface area contributed by atoms with Crippen molar-refractivity contribution in [2.24, 2.45) is 0 Å². The lowest BCUT2D eigenvalue weighted by Gasteiger charge is -2.21. The molecular weight excluding hydrogens is 484 g/mol. The molecule has 12 nitrogen and oxygen atoms in total. The summed E-state index contributed by atoms with van der Waals surface area (Å²) in [6, 6.07) is 0.239. The Balaban J connectivity index is 1.53. The third-order valence-electron chi connectivity index (χ3n) is 5.86. The lowest BCUT2D eigenvalue weighted by Crippen LogP contribution is -2.33. The van der Waals surface area contributed by atoms with Crippen LogP contribution in [0, 0.1) is 0 Å². The highest BCUT2D eigenvalue weighted by molar-refractivity contribution is 7.52. The van der Waals surface area contributed by atoms with Crippen molar-refractivity contribution in [3.05, 3.63) is 11.5 Å². The molecule has 0 spiro atoms. The van der Waals surface area contributed by atoms with Gasteiger partial charge in [-0.2, -0.15) is 15.1 Å². The normalized spacial score (nSPS) is 27.5. The van der Waals surface area contributed by atoms with Crippen LogP contribution in [0.3, 0.4) is 0 Å². The van der Waals surface area contributed by atoms with Crippen LogP contribution in [0.1, 0.15) is 38.3 Å². The number of aromatic nitrogens is 4. The Labute approximate surface area is 193 Å². The number of hydrogen-bond donors (Lipinski definition) is 5. The van der Waals surface area contributed by atoms with E-state index in [9.17, 15) is 23.8 Å². The molecule has 33 heavy (non-hydrogen) atoms.